The normalized spacial score (nSPS) is 17.3. The molecule has 26 heavy (non-hydrogen) atoms. The van der Waals surface area contributed by atoms with E-state index < -0.39 is 0 Å². The fraction of sp³-hybridized carbons (Fsp3) is 0.389. The van der Waals surface area contributed by atoms with Crippen LogP contribution in [0.5, 0.6) is 0 Å². The van der Waals surface area contributed by atoms with Crippen LogP contribution in [0.3, 0.4) is 0 Å². The molecule has 0 bridgehead atoms. The Morgan fingerprint density at radius 3 is 2.88 bits per heavy atom. The number of aromatic nitrogens is 2. The van der Waals surface area contributed by atoms with Gasteiger partial charge in [-0.3, -0.25) is 9.69 Å². The standard InChI is InChI=1S/C18H20N4O2S2/c1-12(18-20-16(21-24-18)15-3-2-9-26-15)22-7-4-14(5-8-22)19-17(23)13-6-10-25-11-13/h2-3,6,9-12,14H,4-5,7-8H2,1H3,(H,19,23). The maximum atomic E-state index is 12.2. The van der Waals surface area contributed by atoms with Crippen molar-refractivity contribution in [1.29, 1.82) is 0 Å². The predicted molar refractivity (Wildman–Crippen MR) is 102 cm³/mol. The lowest BCUT2D eigenvalue weighted by molar-refractivity contribution is 0.0881. The van der Waals surface area contributed by atoms with E-state index in [4.69, 9.17) is 4.52 Å². The topological polar surface area (TPSA) is 71.3 Å². The molecule has 0 radical (unpaired) electrons. The van der Waals surface area contributed by atoms with Crippen LogP contribution in [-0.2, 0) is 0 Å². The number of amides is 1. The van der Waals surface area contributed by atoms with Crippen LogP contribution in [0.15, 0.2) is 38.9 Å². The molecule has 1 aliphatic rings. The van der Waals surface area contributed by atoms with E-state index in [1.54, 1.807) is 22.7 Å². The van der Waals surface area contributed by atoms with E-state index in [-0.39, 0.29) is 18.0 Å². The second kappa shape index (κ2) is 7.69. The quantitative estimate of drug-likeness (QED) is 0.719. The molecule has 0 aliphatic carbocycles. The van der Waals surface area contributed by atoms with Crippen molar-refractivity contribution in [1.82, 2.24) is 20.4 Å². The lowest BCUT2D eigenvalue weighted by Gasteiger charge is -2.34. The van der Waals surface area contributed by atoms with Crippen LogP contribution < -0.4 is 5.32 Å². The summed E-state index contributed by atoms with van der Waals surface area (Å²) in [6.45, 7) is 3.88. The van der Waals surface area contributed by atoms with Crippen molar-refractivity contribution in [3.8, 4) is 10.7 Å². The molecular weight excluding hydrogens is 368 g/mol. The second-order valence-electron chi connectivity index (χ2n) is 6.41. The summed E-state index contributed by atoms with van der Waals surface area (Å²) >= 11 is 3.14. The van der Waals surface area contributed by atoms with Crippen molar-refractivity contribution in [2.75, 3.05) is 13.1 Å². The molecule has 0 aromatic carbocycles. The third-order valence-electron chi connectivity index (χ3n) is 4.74. The van der Waals surface area contributed by atoms with Crippen LogP contribution in [0.1, 0.15) is 42.1 Å². The van der Waals surface area contributed by atoms with Crippen LogP contribution in [-0.4, -0.2) is 40.1 Å². The van der Waals surface area contributed by atoms with Gasteiger partial charge in [0, 0.05) is 30.1 Å². The van der Waals surface area contributed by atoms with E-state index in [2.05, 4.69) is 27.3 Å². The minimum Gasteiger partial charge on any atom is -0.349 e. The molecule has 1 N–H and O–H groups in total. The Morgan fingerprint density at radius 1 is 1.35 bits per heavy atom. The Kier molecular flexibility index (Phi) is 5.14. The number of hydrogen-bond donors (Lipinski definition) is 1. The summed E-state index contributed by atoms with van der Waals surface area (Å²) in [6, 6.07) is 6.12. The number of nitrogens with zero attached hydrogens (tertiary/aromatic N) is 3. The molecule has 4 heterocycles. The van der Waals surface area contributed by atoms with Crippen LogP contribution in [0.25, 0.3) is 10.7 Å². The summed E-state index contributed by atoms with van der Waals surface area (Å²) in [5.74, 6) is 1.32. The highest BCUT2D eigenvalue weighted by atomic mass is 32.1. The molecule has 1 atom stereocenters. The number of hydrogen-bond acceptors (Lipinski definition) is 7. The monoisotopic (exact) mass is 388 g/mol. The average Bonchev–Trinajstić information content (AvgIpc) is 3.43. The van der Waals surface area contributed by atoms with Gasteiger partial charge in [0.25, 0.3) is 5.91 Å². The molecule has 1 aliphatic heterocycles. The molecule has 1 amide bonds. The molecule has 3 aromatic heterocycles. The molecule has 6 nitrogen and oxygen atoms in total. The Bertz CT molecular complexity index is 837. The Labute approximate surface area is 159 Å². The first-order valence-electron chi connectivity index (χ1n) is 8.65. The van der Waals surface area contributed by atoms with Crippen LogP contribution >= 0.6 is 22.7 Å². The van der Waals surface area contributed by atoms with Crippen molar-refractivity contribution in [3.05, 3.63) is 45.8 Å². The fourth-order valence-electron chi connectivity index (χ4n) is 3.16. The van der Waals surface area contributed by atoms with Crippen LogP contribution in [0.4, 0.5) is 0 Å². The molecule has 1 unspecified atom stereocenters. The number of carbonyl (C=O) groups is 1. The maximum absolute atomic E-state index is 12.2. The lowest BCUT2D eigenvalue weighted by Crippen LogP contribution is -2.45. The first-order chi connectivity index (χ1) is 12.7. The molecule has 3 aromatic rings. The van der Waals surface area contributed by atoms with Gasteiger partial charge in [0.15, 0.2) is 0 Å². The van der Waals surface area contributed by atoms with Crippen molar-refractivity contribution < 1.29 is 9.32 Å². The number of carbonyl (C=O) groups excluding carboxylic acids is 1. The minimum atomic E-state index is 0.0234. The zero-order valence-corrected chi connectivity index (χ0v) is 16.1. The van der Waals surface area contributed by atoms with E-state index >= 15 is 0 Å². The van der Waals surface area contributed by atoms with Gasteiger partial charge in [0.2, 0.25) is 11.7 Å². The molecule has 8 heteroatoms. The Hall–Kier alpha value is -2.03. The molecule has 1 saturated heterocycles. The van der Waals surface area contributed by atoms with Gasteiger partial charge in [0.1, 0.15) is 0 Å². The predicted octanol–water partition coefficient (Wildman–Crippen LogP) is 3.82. The SMILES string of the molecule is CC(c1nc(-c2cccs2)no1)N1CCC(NC(=O)c2ccsc2)CC1. The minimum absolute atomic E-state index is 0.0234. The van der Waals surface area contributed by atoms with E-state index in [1.165, 1.54) is 0 Å². The first-order valence-corrected chi connectivity index (χ1v) is 10.5. The number of rotatable bonds is 5. The Morgan fingerprint density at radius 2 is 2.19 bits per heavy atom. The van der Waals surface area contributed by atoms with Crippen molar-refractivity contribution >= 4 is 28.6 Å². The smallest absolute Gasteiger partial charge is 0.252 e. The van der Waals surface area contributed by atoms with E-state index in [0.29, 0.717) is 11.7 Å². The third kappa shape index (κ3) is 3.72. The summed E-state index contributed by atoms with van der Waals surface area (Å²) in [4.78, 5) is 20.1. The summed E-state index contributed by atoms with van der Waals surface area (Å²) in [5, 5.41) is 13.0. The van der Waals surface area contributed by atoms with Gasteiger partial charge in [0.05, 0.1) is 10.9 Å². The highest BCUT2D eigenvalue weighted by Gasteiger charge is 2.27. The fourth-order valence-corrected chi connectivity index (χ4v) is 4.45. The van der Waals surface area contributed by atoms with Crippen LogP contribution in [0, 0.1) is 0 Å². The first kappa shape index (κ1) is 17.4. The van der Waals surface area contributed by atoms with Gasteiger partial charge in [-0.1, -0.05) is 11.2 Å². The Balaban J connectivity index is 1.32. The zero-order chi connectivity index (χ0) is 17.9. The molecule has 1 fully saturated rings. The summed E-state index contributed by atoms with van der Waals surface area (Å²) in [6.07, 6.45) is 1.85. The van der Waals surface area contributed by atoms with Crippen molar-refractivity contribution in [3.63, 3.8) is 0 Å². The van der Waals surface area contributed by atoms with Gasteiger partial charge in [-0.25, -0.2) is 0 Å². The highest BCUT2D eigenvalue weighted by molar-refractivity contribution is 7.13. The largest absolute Gasteiger partial charge is 0.349 e. The number of piperidine rings is 1. The van der Waals surface area contributed by atoms with E-state index in [0.717, 1.165) is 36.4 Å². The summed E-state index contributed by atoms with van der Waals surface area (Å²) in [5.41, 5.74) is 0.748. The van der Waals surface area contributed by atoms with Gasteiger partial charge in [-0.05, 0) is 42.7 Å². The van der Waals surface area contributed by atoms with Gasteiger partial charge >= 0.3 is 0 Å². The molecular formula is C18H20N4O2S2. The summed E-state index contributed by atoms with van der Waals surface area (Å²) < 4.78 is 5.48. The number of nitrogens with one attached hydrogen (secondary N) is 1. The molecule has 136 valence electrons. The number of likely N-dealkylation sites (tertiary alicyclic amines) is 1. The second-order valence-corrected chi connectivity index (χ2v) is 8.13. The third-order valence-corrected chi connectivity index (χ3v) is 6.29. The van der Waals surface area contributed by atoms with Crippen molar-refractivity contribution in [2.24, 2.45) is 0 Å². The summed E-state index contributed by atoms with van der Waals surface area (Å²) in [7, 11) is 0. The van der Waals surface area contributed by atoms with E-state index in [9.17, 15) is 4.79 Å². The highest BCUT2D eigenvalue weighted by Crippen LogP contribution is 2.27. The van der Waals surface area contributed by atoms with Gasteiger partial charge < -0.3 is 9.84 Å². The van der Waals surface area contributed by atoms with Gasteiger partial charge in [-0.2, -0.15) is 16.3 Å². The maximum Gasteiger partial charge on any atom is 0.252 e. The lowest BCUT2D eigenvalue weighted by atomic mass is 10.0. The van der Waals surface area contributed by atoms with Gasteiger partial charge in [-0.15, -0.1) is 11.3 Å². The van der Waals surface area contributed by atoms with Crippen LogP contribution in [0.2, 0.25) is 0 Å². The van der Waals surface area contributed by atoms with E-state index in [1.807, 2.05) is 34.3 Å². The molecule has 4 rings (SSSR count). The molecule has 0 saturated carbocycles. The zero-order valence-electron chi connectivity index (χ0n) is 14.4. The molecule has 0 spiro atoms. The number of thiophene rings is 2. The average molecular weight is 389 g/mol. The van der Waals surface area contributed by atoms with Crippen molar-refractivity contribution in [2.45, 2.75) is 31.8 Å².